The third-order valence-electron chi connectivity index (χ3n) is 4.33. The molecule has 1 aromatic carbocycles. The molecule has 2 atom stereocenters. The van der Waals surface area contributed by atoms with Crippen molar-refractivity contribution in [2.45, 2.75) is 45.9 Å². The van der Waals surface area contributed by atoms with Gasteiger partial charge in [-0.2, -0.15) is 0 Å². The first-order valence-corrected chi connectivity index (χ1v) is 7.07. The van der Waals surface area contributed by atoms with Crippen LogP contribution in [0.5, 0.6) is 0 Å². The summed E-state index contributed by atoms with van der Waals surface area (Å²) in [4.78, 5) is 11.2. The average molecular weight is 276 g/mol. The predicted octanol–water partition coefficient (Wildman–Crippen LogP) is 2.55. The quantitative estimate of drug-likeness (QED) is 0.869. The number of benzene rings is 1. The lowest BCUT2D eigenvalue weighted by Crippen LogP contribution is -2.60. The minimum absolute atomic E-state index is 0.0409. The Balaban J connectivity index is 1.97. The molecule has 0 heterocycles. The second-order valence-corrected chi connectivity index (χ2v) is 6.05. The van der Waals surface area contributed by atoms with Gasteiger partial charge in [0.25, 0.3) is 0 Å². The summed E-state index contributed by atoms with van der Waals surface area (Å²) in [6.07, 6.45) is 1.36. The Kier molecular flexibility index (Phi) is 4.45. The standard InChI is InChI=1S/C16H24N2O2/c1-11(19)18-13-8-6-5-7-12(13)10-17-14-9-15(20-4)16(14,2)3/h5-8,14-15,17H,9-10H2,1-4H3,(H,18,19). The van der Waals surface area contributed by atoms with Gasteiger partial charge < -0.3 is 15.4 Å². The second-order valence-electron chi connectivity index (χ2n) is 6.05. The molecule has 0 radical (unpaired) electrons. The Morgan fingerprint density at radius 2 is 2.10 bits per heavy atom. The molecular weight excluding hydrogens is 252 g/mol. The van der Waals surface area contributed by atoms with E-state index in [1.165, 1.54) is 6.92 Å². The fourth-order valence-corrected chi connectivity index (χ4v) is 2.85. The number of rotatable bonds is 5. The molecule has 1 amide bonds. The van der Waals surface area contributed by atoms with Crippen LogP contribution in [0.4, 0.5) is 5.69 Å². The van der Waals surface area contributed by atoms with E-state index in [-0.39, 0.29) is 11.3 Å². The molecule has 0 spiro atoms. The van der Waals surface area contributed by atoms with Crippen molar-refractivity contribution in [3.05, 3.63) is 29.8 Å². The van der Waals surface area contributed by atoms with Crippen molar-refractivity contribution in [1.29, 1.82) is 0 Å². The highest BCUT2D eigenvalue weighted by Crippen LogP contribution is 2.42. The van der Waals surface area contributed by atoms with Gasteiger partial charge in [0.05, 0.1) is 6.10 Å². The highest BCUT2D eigenvalue weighted by molar-refractivity contribution is 5.89. The topological polar surface area (TPSA) is 50.4 Å². The van der Waals surface area contributed by atoms with Gasteiger partial charge >= 0.3 is 0 Å². The lowest BCUT2D eigenvalue weighted by atomic mass is 9.64. The zero-order valence-corrected chi connectivity index (χ0v) is 12.7. The van der Waals surface area contributed by atoms with E-state index in [2.05, 4.69) is 24.5 Å². The zero-order valence-electron chi connectivity index (χ0n) is 12.7. The summed E-state index contributed by atoms with van der Waals surface area (Å²) in [6.45, 7) is 6.73. The van der Waals surface area contributed by atoms with Crippen LogP contribution >= 0.6 is 0 Å². The van der Waals surface area contributed by atoms with E-state index in [9.17, 15) is 4.79 Å². The number of carbonyl (C=O) groups excluding carboxylic acids is 1. The lowest BCUT2D eigenvalue weighted by Gasteiger charge is -2.51. The highest BCUT2D eigenvalue weighted by atomic mass is 16.5. The van der Waals surface area contributed by atoms with Crippen LogP contribution < -0.4 is 10.6 Å². The van der Waals surface area contributed by atoms with Crippen LogP contribution in [0, 0.1) is 5.41 Å². The molecule has 1 fully saturated rings. The number of para-hydroxylation sites is 1. The number of amides is 1. The lowest BCUT2D eigenvalue weighted by molar-refractivity contribution is -0.114. The van der Waals surface area contributed by atoms with Gasteiger partial charge in [-0.15, -0.1) is 0 Å². The molecule has 1 aliphatic rings. The summed E-state index contributed by atoms with van der Waals surface area (Å²) >= 11 is 0. The number of hydrogen-bond acceptors (Lipinski definition) is 3. The molecule has 0 aromatic heterocycles. The molecule has 2 N–H and O–H groups in total. The van der Waals surface area contributed by atoms with Gasteiger partial charge in [-0.3, -0.25) is 4.79 Å². The van der Waals surface area contributed by atoms with Crippen LogP contribution in [-0.4, -0.2) is 25.2 Å². The van der Waals surface area contributed by atoms with Crippen LogP contribution in [0.2, 0.25) is 0 Å². The molecule has 2 unspecified atom stereocenters. The Morgan fingerprint density at radius 3 is 2.70 bits per heavy atom. The number of hydrogen-bond donors (Lipinski definition) is 2. The summed E-state index contributed by atoms with van der Waals surface area (Å²) < 4.78 is 5.46. The van der Waals surface area contributed by atoms with Crippen molar-refractivity contribution >= 4 is 11.6 Å². The summed E-state index contributed by atoms with van der Waals surface area (Å²) in [5, 5.41) is 6.44. The first-order valence-electron chi connectivity index (χ1n) is 7.07. The highest BCUT2D eigenvalue weighted by Gasteiger charge is 2.48. The smallest absolute Gasteiger partial charge is 0.221 e. The van der Waals surface area contributed by atoms with Gasteiger partial charge in [-0.1, -0.05) is 32.0 Å². The Labute approximate surface area is 120 Å². The molecule has 0 bridgehead atoms. The largest absolute Gasteiger partial charge is 0.381 e. The fraction of sp³-hybridized carbons (Fsp3) is 0.562. The second kappa shape index (κ2) is 5.94. The van der Waals surface area contributed by atoms with Gasteiger partial charge in [0.15, 0.2) is 0 Å². The third-order valence-corrected chi connectivity index (χ3v) is 4.33. The van der Waals surface area contributed by atoms with Crippen LogP contribution in [0.1, 0.15) is 32.8 Å². The fourth-order valence-electron chi connectivity index (χ4n) is 2.85. The van der Waals surface area contributed by atoms with Crippen molar-refractivity contribution in [2.75, 3.05) is 12.4 Å². The molecule has 2 rings (SSSR count). The third kappa shape index (κ3) is 3.02. The zero-order chi connectivity index (χ0) is 14.8. The summed E-state index contributed by atoms with van der Waals surface area (Å²) in [7, 11) is 1.77. The molecule has 4 heteroatoms. The van der Waals surface area contributed by atoms with Gasteiger partial charge in [-0.25, -0.2) is 0 Å². The van der Waals surface area contributed by atoms with Gasteiger partial charge in [0.1, 0.15) is 0 Å². The Morgan fingerprint density at radius 1 is 1.40 bits per heavy atom. The molecule has 0 aliphatic heterocycles. The van der Waals surface area contributed by atoms with E-state index in [1.54, 1.807) is 7.11 Å². The number of methoxy groups -OCH3 is 1. The minimum atomic E-state index is -0.0409. The molecule has 4 nitrogen and oxygen atoms in total. The SMILES string of the molecule is COC1CC(NCc2ccccc2NC(C)=O)C1(C)C. The van der Waals surface area contributed by atoms with Crippen molar-refractivity contribution < 1.29 is 9.53 Å². The predicted molar refractivity (Wildman–Crippen MR) is 80.6 cm³/mol. The van der Waals surface area contributed by atoms with Crippen LogP contribution in [0.15, 0.2) is 24.3 Å². The summed E-state index contributed by atoms with van der Waals surface area (Å²) in [5.41, 5.74) is 2.14. The van der Waals surface area contributed by atoms with Crippen molar-refractivity contribution in [1.82, 2.24) is 5.32 Å². The van der Waals surface area contributed by atoms with Crippen molar-refractivity contribution in [3.63, 3.8) is 0 Å². The number of carbonyl (C=O) groups is 1. The molecule has 1 aliphatic carbocycles. The van der Waals surface area contributed by atoms with Crippen LogP contribution in [0.25, 0.3) is 0 Å². The first kappa shape index (κ1) is 15.0. The molecular formula is C16H24N2O2. The normalized spacial score (nSPS) is 24.0. The molecule has 0 saturated heterocycles. The molecule has 20 heavy (non-hydrogen) atoms. The average Bonchev–Trinajstić information content (AvgIpc) is 2.39. The van der Waals surface area contributed by atoms with E-state index in [0.29, 0.717) is 12.1 Å². The maximum Gasteiger partial charge on any atom is 0.221 e. The van der Waals surface area contributed by atoms with E-state index < -0.39 is 0 Å². The first-order chi connectivity index (χ1) is 9.45. The summed E-state index contributed by atoms with van der Waals surface area (Å²) in [5.74, 6) is -0.0409. The van der Waals surface area contributed by atoms with Crippen LogP contribution in [0.3, 0.4) is 0 Å². The number of anilines is 1. The van der Waals surface area contributed by atoms with E-state index >= 15 is 0 Å². The maximum absolute atomic E-state index is 11.2. The monoisotopic (exact) mass is 276 g/mol. The van der Waals surface area contributed by atoms with Gasteiger partial charge in [0.2, 0.25) is 5.91 Å². The molecule has 1 saturated carbocycles. The Bertz CT molecular complexity index is 485. The van der Waals surface area contributed by atoms with Crippen molar-refractivity contribution in [2.24, 2.45) is 5.41 Å². The minimum Gasteiger partial charge on any atom is -0.381 e. The van der Waals surface area contributed by atoms with E-state index in [1.807, 2.05) is 24.3 Å². The van der Waals surface area contributed by atoms with Gasteiger partial charge in [-0.05, 0) is 18.1 Å². The van der Waals surface area contributed by atoms with E-state index in [4.69, 9.17) is 4.74 Å². The maximum atomic E-state index is 11.2. The van der Waals surface area contributed by atoms with E-state index in [0.717, 1.165) is 24.2 Å². The number of nitrogens with one attached hydrogen (secondary N) is 2. The number of ether oxygens (including phenoxy) is 1. The molecule has 1 aromatic rings. The van der Waals surface area contributed by atoms with Crippen LogP contribution in [-0.2, 0) is 16.1 Å². The Hall–Kier alpha value is -1.39. The van der Waals surface area contributed by atoms with Gasteiger partial charge in [0, 0.05) is 37.7 Å². The van der Waals surface area contributed by atoms with Crippen molar-refractivity contribution in [3.8, 4) is 0 Å². The summed E-state index contributed by atoms with van der Waals surface area (Å²) in [6, 6.07) is 8.34. The molecule has 110 valence electrons.